The summed E-state index contributed by atoms with van der Waals surface area (Å²) in [6, 6.07) is 5.97. The summed E-state index contributed by atoms with van der Waals surface area (Å²) in [5, 5.41) is 2.90. The van der Waals surface area contributed by atoms with Gasteiger partial charge in [0.25, 0.3) is 0 Å². The van der Waals surface area contributed by atoms with Crippen molar-refractivity contribution < 1.29 is 9.53 Å². The summed E-state index contributed by atoms with van der Waals surface area (Å²) in [7, 11) is 0. The molecule has 0 fully saturated rings. The number of rotatable bonds is 7. The van der Waals surface area contributed by atoms with Crippen molar-refractivity contribution in [3.63, 3.8) is 0 Å². The molecule has 1 aromatic rings. The Morgan fingerprint density at radius 1 is 1.42 bits per heavy atom. The van der Waals surface area contributed by atoms with E-state index in [-0.39, 0.29) is 5.91 Å². The molecule has 0 bridgehead atoms. The van der Waals surface area contributed by atoms with Crippen LogP contribution in [0.25, 0.3) is 0 Å². The first kappa shape index (κ1) is 16.0. The molecule has 1 amide bonds. The molecule has 0 heterocycles. The average molecular weight is 328 g/mol. The lowest BCUT2D eigenvalue weighted by atomic mass is 10.2. The summed E-state index contributed by atoms with van der Waals surface area (Å²) in [5.41, 5.74) is 1.19. The second-order valence-electron chi connectivity index (χ2n) is 5.08. The Kier molecular flexibility index (Phi) is 6.92. The number of hydrogen-bond acceptors (Lipinski definition) is 2. The van der Waals surface area contributed by atoms with Gasteiger partial charge in [-0.25, -0.2) is 0 Å². The molecule has 1 N–H and O–H groups in total. The molecule has 0 aliphatic heterocycles. The van der Waals surface area contributed by atoms with Crippen LogP contribution in [0.1, 0.15) is 32.3 Å². The molecule has 0 aliphatic carbocycles. The van der Waals surface area contributed by atoms with Gasteiger partial charge in [0.15, 0.2) is 0 Å². The molecular weight excluding hydrogens is 306 g/mol. The van der Waals surface area contributed by atoms with E-state index in [0.717, 1.165) is 23.2 Å². The highest BCUT2D eigenvalue weighted by molar-refractivity contribution is 9.10. The Morgan fingerprint density at radius 2 is 2.16 bits per heavy atom. The van der Waals surface area contributed by atoms with Gasteiger partial charge in [0.05, 0.1) is 11.1 Å². The smallest absolute Gasteiger partial charge is 0.220 e. The van der Waals surface area contributed by atoms with Crippen molar-refractivity contribution in [3.05, 3.63) is 28.2 Å². The van der Waals surface area contributed by atoms with Gasteiger partial charge in [-0.05, 0) is 52.9 Å². The van der Waals surface area contributed by atoms with Crippen molar-refractivity contribution in [2.75, 3.05) is 13.2 Å². The second kappa shape index (κ2) is 8.20. The summed E-state index contributed by atoms with van der Waals surface area (Å²) in [5.74, 6) is 1.41. The van der Waals surface area contributed by atoms with Crippen LogP contribution in [0.15, 0.2) is 22.7 Å². The van der Waals surface area contributed by atoms with Crippen molar-refractivity contribution >= 4 is 21.8 Å². The van der Waals surface area contributed by atoms with Gasteiger partial charge in [0, 0.05) is 13.0 Å². The molecule has 0 spiro atoms. The second-order valence-corrected chi connectivity index (χ2v) is 5.94. The van der Waals surface area contributed by atoms with Crippen LogP contribution >= 0.6 is 15.9 Å². The Morgan fingerprint density at radius 3 is 2.79 bits per heavy atom. The lowest BCUT2D eigenvalue weighted by Gasteiger charge is -2.10. The summed E-state index contributed by atoms with van der Waals surface area (Å²) in [6.45, 7) is 7.49. The van der Waals surface area contributed by atoms with E-state index in [1.807, 2.05) is 25.1 Å². The zero-order valence-corrected chi connectivity index (χ0v) is 13.4. The fourth-order valence-corrected chi connectivity index (χ4v) is 2.15. The van der Waals surface area contributed by atoms with Crippen LogP contribution in [0.5, 0.6) is 5.75 Å². The Hall–Kier alpha value is -1.03. The minimum Gasteiger partial charge on any atom is -0.492 e. The van der Waals surface area contributed by atoms with Gasteiger partial charge in [0.1, 0.15) is 5.75 Å². The van der Waals surface area contributed by atoms with E-state index >= 15 is 0 Å². The van der Waals surface area contributed by atoms with Gasteiger partial charge in [-0.1, -0.05) is 19.9 Å². The molecule has 3 nitrogen and oxygen atoms in total. The van der Waals surface area contributed by atoms with E-state index in [2.05, 4.69) is 35.1 Å². The SMILES string of the molecule is Cc1ccc(OCCCC(=O)NCC(C)C)c(Br)c1. The molecule has 0 saturated heterocycles. The summed E-state index contributed by atoms with van der Waals surface area (Å²) in [6.07, 6.45) is 1.24. The van der Waals surface area contributed by atoms with Crippen LogP contribution in [0.3, 0.4) is 0 Å². The topological polar surface area (TPSA) is 38.3 Å². The number of hydrogen-bond donors (Lipinski definition) is 1. The number of ether oxygens (including phenoxy) is 1. The van der Waals surface area contributed by atoms with Crippen molar-refractivity contribution in [3.8, 4) is 5.75 Å². The van der Waals surface area contributed by atoms with Crippen molar-refractivity contribution in [2.45, 2.75) is 33.6 Å². The normalized spacial score (nSPS) is 10.6. The number of benzene rings is 1. The highest BCUT2D eigenvalue weighted by Crippen LogP contribution is 2.25. The maximum Gasteiger partial charge on any atom is 0.220 e. The first-order valence-corrected chi connectivity index (χ1v) is 7.44. The maximum absolute atomic E-state index is 11.5. The monoisotopic (exact) mass is 327 g/mol. The lowest BCUT2D eigenvalue weighted by Crippen LogP contribution is -2.27. The number of aryl methyl sites for hydroxylation is 1. The molecule has 0 radical (unpaired) electrons. The fraction of sp³-hybridized carbons (Fsp3) is 0.533. The van der Waals surface area contributed by atoms with Gasteiger partial charge in [-0.2, -0.15) is 0 Å². The van der Waals surface area contributed by atoms with Crippen LogP contribution in [0, 0.1) is 12.8 Å². The number of carbonyl (C=O) groups excluding carboxylic acids is 1. The van der Waals surface area contributed by atoms with Crippen LogP contribution in [-0.2, 0) is 4.79 Å². The molecule has 1 aromatic carbocycles. The standard InChI is InChI=1S/C15H22BrNO2/c1-11(2)10-17-15(18)5-4-8-19-14-7-6-12(3)9-13(14)16/h6-7,9,11H,4-5,8,10H2,1-3H3,(H,17,18). The van der Waals surface area contributed by atoms with Gasteiger partial charge in [-0.3, -0.25) is 4.79 Å². The number of amides is 1. The maximum atomic E-state index is 11.5. The molecule has 4 heteroatoms. The summed E-state index contributed by atoms with van der Waals surface area (Å²) >= 11 is 3.46. The number of nitrogens with one attached hydrogen (secondary N) is 1. The van der Waals surface area contributed by atoms with E-state index in [9.17, 15) is 4.79 Å². The molecule has 0 atom stereocenters. The van der Waals surface area contributed by atoms with Gasteiger partial charge in [-0.15, -0.1) is 0 Å². The van der Waals surface area contributed by atoms with Crippen LogP contribution in [0.2, 0.25) is 0 Å². The van der Waals surface area contributed by atoms with E-state index in [0.29, 0.717) is 18.9 Å². The average Bonchev–Trinajstić information content (AvgIpc) is 2.34. The molecule has 0 unspecified atom stereocenters. The molecule has 19 heavy (non-hydrogen) atoms. The molecule has 0 aromatic heterocycles. The molecule has 106 valence electrons. The van der Waals surface area contributed by atoms with Crippen LogP contribution < -0.4 is 10.1 Å². The van der Waals surface area contributed by atoms with Crippen LogP contribution in [0.4, 0.5) is 0 Å². The first-order valence-electron chi connectivity index (χ1n) is 6.64. The lowest BCUT2D eigenvalue weighted by molar-refractivity contribution is -0.121. The third kappa shape index (κ3) is 6.62. The highest BCUT2D eigenvalue weighted by Gasteiger charge is 2.04. The third-order valence-corrected chi connectivity index (χ3v) is 3.22. The highest BCUT2D eigenvalue weighted by atomic mass is 79.9. The predicted octanol–water partition coefficient (Wildman–Crippen LogP) is 3.69. The predicted molar refractivity (Wildman–Crippen MR) is 81.5 cm³/mol. The van der Waals surface area contributed by atoms with E-state index < -0.39 is 0 Å². The van der Waals surface area contributed by atoms with Crippen molar-refractivity contribution in [1.82, 2.24) is 5.32 Å². The minimum atomic E-state index is 0.0975. The Labute approximate surface area is 123 Å². The fourth-order valence-electron chi connectivity index (χ4n) is 1.54. The largest absolute Gasteiger partial charge is 0.492 e. The molecule has 0 aliphatic rings. The summed E-state index contributed by atoms with van der Waals surface area (Å²) < 4.78 is 6.60. The third-order valence-electron chi connectivity index (χ3n) is 2.60. The van der Waals surface area contributed by atoms with Crippen molar-refractivity contribution in [1.29, 1.82) is 0 Å². The van der Waals surface area contributed by atoms with E-state index in [1.165, 1.54) is 5.56 Å². The molecule has 0 saturated carbocycles. The minimum absolute atomic E-state index is 0.0975. The van der Waals surface area contributed by atoms with Gasteiger partial charge in [0.2, 0.25) is 5.91 Å². The number of halogens is 1. The Bertz CT molecular complexity index is 419. The summed E-state index contributed by atoms with van der Waals surface area (Å²) in [4.78, 5) is 11.5. The van der Waals surface area contributed by atoms with E-state index in [4.69, 9.17) is 4.74 Å². The van der Waals surface area contributed by atoms with E-state index in [1.54, 1.807) is 0 Å². The van der Waals surface area contributed by atoms with Crippen molar-refractivity contribution in [2.24, 2.45) is 5.92 Å². The first-order chi connectivity index (χ1) is 8.99. The van der Waals surface area contributed by atoms with Gasteiger partial charge < -0.3 is 10.1 Å². The number of carbonyl (C=O) groups is 1. The zero-order chi connectivity index (χ0) is 14.3. The molecular formula is C15H22BrNO2. The quantitative estimate of drug-likeness (QED) is 0.775. The van der Waals surface area contributed by atoms with Gasteiger partial charge >= 0.3 is 0 Å². The zero-order valence-electron chi connectivity index (χ0n) is 11.8. The Balaban J connectivity index is 2.22. The van der Waals surface area contributed by atoms with Crippen LogP contribution in [-0.4, -0.2) is 19.1 Å². The molecule has 1 rings (SSSR count).